The first-order valence-corrected chi connectivity index (χ1v) is 6.87. The zero-order chi connectivity index (χ0) is 14.5. The maximum absolute atomic E-state index is 4.95. The first kappa shape index (κ1) is 17.1. The van der Waals surface area contributed by atoms with Crippen molar-refractivity contribution in [1.82, 2.24) is 10.4 Å². The molecule has 0 aliphatic heterocycles. The van der Waals surface area contributed by atoms with E-state index in [0.29, 0.717) is 6.01 Å². The van der Waals surface area contributed by atoms with Gasteiger partial charge in [-0.25, -0.2) is 0 Å². The van der Waals surface area contributed by atoms with Crippen molar-refractivity contribution in [2.45, 2.75) is 41.0 Å². The first-order valence-electron chi connectivity index (χ1n) is 6.87. The predicted molar refractivity (Wildman–Crippen MR) is 77.3 cm³/mol. The Morgan fingerprint density at radius 3 is 2.21 bits per heavy atom. The number of hydrogen-bond acceptors (Lipinski definition) is 4. The SMILES string of the molecule is CC.CCC.CCNc1n[n+](-c2ccccc2)no1. The molecule has 0 spiro atoms. The van der Waals surface area contributed by atoms with Crippen molar-refractivity contribution < 1.29 is 9.32 Å². The van der Waals surface area contributed by atoms with Gasteiger partial charge in [-0.15, -0.1) is 0 Å². The highest BCUT2D eigenvalue weighted by Gasteiger charge is 2.15. The third-order valence-corrected chi connectivity index (χ3v) is 1.71. The van der Waals surface area contributed by atoms with Gasteiger partial charge < -0.3 is 5.32 Å². The molecule has 1 aromatic carbocycles. The predicted octanol–water partition coefficient (Wildman–Crippen LogP) is 3.22. The number of hydrogen-bond donors (Lipinski definition) is 1. The van der Waals surface area contributed by atoms with Gasteiger partial charge >= 0.3 is 6.01 Å². The monoisotopic (exact) mass is 265 g/mol. The van der Waals surface area contributed by atoms with Gasteiger partial charge in [0.25, 0.3) is 5.69 Å². The van der Waals surface area contributed by atoms with Crippen molar-refractivity contribution in [3.05, 3.63) is 30.3 Å². The molecule has 0 saturated carbocycles. The van der Waals surface area contributed by atoms with Gasteiger partial charge in [0.2, 0.25) is 5.27 Å². The molecule has 0 unspecified atom stereocenters. The summed E-state index contributed by atoms with van der Waals surface area (Å²) in [5, 5.41) is 10.8. The van der Waals surface area contributed by atoms with Crippen molar-refractivity contribution in [2.75, 3.05) is 11.9 Å². The van der Waals surface area contributed by atoms with Crippen molar-refractivity contribution in [3.8, 4) is 5.69 Å². The van der Waals surface area contributed by atoms with Crippen LogP contribution in [0.5, 0.6) is 0 Å². The van der Waals surface area contributed by atoms with Crippen LogP contribution in [0.15, 0.2) is 34.9 Å². The summed E-state index contributed by atoms with van der Waals surface area (Å²) in [5.74, 6) is 0. The molecule has 0 radical (unpaired) electrons. The van der Waals surface area contributed by atoms with E-state index < -0.39 is 0 Å². The molecule has 0 amide bonds. The van der Waals surface area contributed by atoms with Crippen LogP contribution >= 0.6 is 0 Å². The second kappa shape index (κ2) is 11.2. The Hall–Kier alpha value is -1.91. The molecular weight excluding hydrogens is 240 g/mol. The Balaban J connectivity index is 0.000000573. The summed E-state index contributed by atoms with van der Waals surface area (Å²) in [6, 6.07) is 10.0. The molecule has 0 atom stereocenters. The first-order chi connectivity index (χ1) is 9.31. The number of benzene rings is 1. The normalized spacial score (nSPS) is 8.68. The minimum Gasteiger partial charge on any atom is -0.333 e. The quantitative estimate of drug-likeness (QED) is 0.866. The standard InChI is InChI=1S/C9H11N4O.C3H8.C2H6/c1-2-10-9-11-13(12-14-9)8-6-4-3-5-7-8;1-3-2;1-2/h3-7H,2H2,1H3,(H,10,11,12);3H2,1-2H3;1-2H3/q+1;;. The number of anilines is 1. The molecule has 0 aliphatic rings. The van der Waals surface area contributed by atoms with Crippen LogP contribution < -0.4 is 10.1 Å². The molecule has 106 valence electrons. The summed E-state index contributed by atoms with van der Waals surface area (Å²) in [6.07, 6.45) is 1.25. The number of aromatic nitrogens is 3. The second-order valence-corrected chi connectivity index (χ2v) is 3.44. The molecule has 1 heterocycles. The van der Waals surface area contributed by atoms with E-state index >= 15 is 0 Å². The van der Waals surface area contributed by atoms with Crippen LogP contribution in [0.3, 0.4) is 0 Å². The van der Waals surface area contributed by atoms with Gasteiger partial charge in [0, 0.05) is 18.7 Å². The third kappa shape index (κ3) is 6.55. The summed E-state index contributed by atoms with van der Waals surface area (Å²) in [6.45, 7) is 11.0. The van der Waals surface area contributed by atoms with Crippen LogP contribution in [-0.4, -0.2) is 16.9 Å². The smallest absolute Gasteiger partial charge is 0.333 e. The zero-order valence-corrected chi connectivity index (χ0v) is 12.6. The second-order valence-electron chi connectivity index (χ2n) is 3.44. The van der Waals surface area contributed by atoms with E-state index in [2.05, 4.69) is 29.5 Å². The lowest BCUT2D eigenvalue weighted by Gasteiger charge is -1.85. The van der Waals surface area contributed by atoms with E-state index in [0.717, 1.165) is 12.2 Å². The number of rotatable bonds is 3. The van der Waals surface area contributed by atoms with Gasteiger partial charge in [0.15, 0.2) is 0 Å². The Morgan fingerprint density at radius 2 is 1.68 bits per heavy atom. The molecule has 0 saturated heterocycles. The average molecular weight is 265 g/mol. The molecule has 1 N–H and O–H groups in total. The molecule has 0 bridgehead atoms. The van der Waals surface area contributed by atoms with Crippen molar-refractivity contribution >= 4 is 6.01 Å². The maximum Gasteiger partial charge on any atom is 0.389 e. The van der Waals surface area contributed by atoms with Gasteiger partial charge in [0.05, 0.1) is 5.10 Å². The molecule has 0 fully saturated rings. The van der Waals surface area contributed by atoms with E-state index in [1.165, 1.54) is 11.2 Å². The summed E-state index contributed by atoms with van der Waals surface area (Å²) in [4.78, 5) is 1.44. The number of nitrogens with one attached hydrogen (secondary N) is 1. The average Bonchev–Trinajstić information content (AvgIpc) is 2.92. The molecule has 5 heteroatoms. The Bertz CT molecular complexity index is 414. The van der Waals surface area contributed by atoms with Crippen LogP contribution in [0, 0.1) is 0 Å². The fourth-order valence-electron chi connectivity index (χ4n) is 1.08. The van der Waals surface area contributed by atoms with Gasteiger partial charge in [0.1, 0.15) is 4.80 Å². The number of para-hydroxylation sites is 1. The Kier molecular flexibility index (Phi) is 10.1. The topological polar surface area (TPSA) is 54.8 Å². The lowest BCUT2D eigenvalue weighted by atomic mass is 10.3. The maximum atomic E-state index is 4.95. The highest BCUT2D eigenvalue weighted by molar-refractivity contribution is 5.20. The molecule has 0 aliphatic carbocycles. The molecular formula is C14H25N4O+. The lowest BCUT2D eigenvalue weighted by molar-refractivity contribution is -0.724. The zero-order valence-electron chi connectivity index (χ0n) is 12.6. The van der Waals surface area contributed by atoms with Gasteiger partial charge in [-0.05, 0) is 6.92 Å². The summed E-state index contributed by atoms with van der Waals surface area (Å²) in [7, 11) is 0. The fraction of sp³-hybridized carbons (Fsp3) is 0.500. The van der Waals surface area contributed by atoms with Crippen LogP contribution in [0.25, 0.3) is 5.69 Å². The van der Waals surface area contributed by atoms with E-state index in [-0.39, 0.29) is 0 Å². The molecule has 1 aromatic heterocycles. The minimum atomic E-state index is 0.427. The summed E-state index contributed by atoms with van der Waals surface area (Å²) >= 11 is 0. The molecule has 2 rings (SSSR count). The van der Waals surface area contributed by atoms with Crippen LogP contribution in [-0.2, 0) is 0 Å². The Labute approximate surface area is 115 Å². The summed E-state index contributed by atoms with van der Waals surface area (Å²) < 4.78 is 4.95. The highest BCUT2D eigenvalue weighted by Crippen LogP contribution is 1.98. The molecule has 19 heavy (non-hydrogen) atoms. The number of nitrogens with zero attached hydrogens (tertiary/aromatic N) is 3. The summed E-state index contributed by atoms with van der Waals surface area (Å²) in [5.41, 5.74) is 0.875. The van der Waals surface area contributed by atoms with Crippen molar-refractivity contribution in [2.24, 2.45) is 0 Å². The van der Waals surface area contributed by atoms with Crippen molar-refractivity contribution in [3.63, 3.8) is 0 Å². The molecule has 2 aromatic rings. The van der Waals surface area contributed by atoms with Gasteiger partial charge in [-0.1, -0.05) is 52.3 Å². The van der Waals surface area contributed by atoms with Crippen LogP contribution in [0.2, 0.25) is 0 Å². The van der Waals surface area contributed by atoms with Gasteiger partial charge in [-0.3, -0.25) is 4.52 Å². The van der Waals surface area contributed by atoms with Crippen LogP contribution in [0.4, 0.5) is 6.01 Å². The fourth-order valence-corrected chi connectivity index (χ4v) is 1.08. The minimum absolute atomic E-state index is 0.427. The Morgan fingerprint density at radius 1 is 1.11 bits per heavy atom. The molecule has 5 nitrogen and oxygen atoms in total. The van der Waals surface area contributed by atoms with Crippen molar-refractivity contribution in [1.29, 1.82) is 0 Å². The largest absolute Gasteiger partial charge is 0.389 e. The lowest BCUT2D eigenvalue weighted by Crippen LogP contribution is -2.35. The van der Waals surface area contributed by atoms with Gasteiger partial charge in [-0.2, -0.15) is 0 Å². The van der Waals surface area contributed by atoms with Crippen LogP contribution in [0.1, 0.15) is 41.0 Å². The third-order valence-electron chi connectivity index (χ3n) is 1.71. The van der Waals surface area contributed by atoms with E-state index in [4.69, 9.17) is 4.52 Å². The highest BCUT2D eigenvalue weighted by atomic mass is 16.5. The van der Waals surface area contributed by atoms with E-state index in [9.17, 15) is 0 Å². The van der Waals surface area contributed by atoms with E-state index in [1.807, 2.05) is 51.1 Å². The van der Waals surface area contributed by atoms with E-state index in [1.54, 1.807) is 0 Å².